The van der Waals surface area contributed by atoms with Gasteiger partial charge in [-0.15, -0.1) is 0 Å². The Kier molecular flexibility index (Phi) is 9.30. The van der Waals surface area contributed by atoms with E-state index in [0.717, 1.165) is 73.6 Å². The number of piperidine rings is 2. The van der Waals surface area contributed by atoms with E-state index in [1.807, 2.05) is 57.8 Å². The van der Waals surface area contributed by atoms with Crippen LogP contribution < -0.4 is 5.32 Å². The van der Waals surface area contributed by atoms with Gasteiger partial charge in [0.2, 0.25) is 0 Å². The standard InChI is InChI=1S/C35H45N7O5/c1-25-22-26(24-41-17-11-36-32(25)41)23-31(33(43)39-12-7-28(8-13-39)38-18-20-46-21-19-38)47-35(45)40-14-9-29(10-15-40)42-16-6-27-4-2-3-5-30(27)37-34(42)44/h2-5,11,17,22,24,28-29,31H,6-10,12-16,18-21,23H2,1H3,(H,37,44)/t31-/m1/s1. The molecule has 12 nitrogen and oxygen atoms in total. The number of carbonyl (C=O) groups is 3. The van der Waals surface area contributed by atoms with E-state index in [9.17, 15) is 14.4 Å². The fourth-order valence-corrected chi connectivity index (χ4v) is 7.68. The molecule has 0 unspecified atom stereocenters. The maximum Gasteiger partial charge on any atom is 0.410 e. The number of nitrogens with zero attached hydrogens (tertiary/aromatic N) is 6. The van der Waals surface area contributed by atoms with Crippen LogP contribution in [0.4, 0.5) is 15.3 Å². The maximum atomic E-state index is 14.0. The van der Waals surface area contributed by atoms with Crippen molar-refractivity contribution < 1.29 is 23.9 Å². The van der Waals surface area contributed by atoms with Gasteiger partial charge in [-0.1, -0.05) is 24.3 Å². The summed E-state index contributed by atoms with van der Waals surface area (Å²) in [5, 5.41) is 3.06. The predicted molar refractivity (Wildman–Crippen MR) is 176 cm³/mol. The topological polar surface area (TPSA) is 112 Å². The average molecular weight is 644 g/mol. The zero-order valence-electron chi connectivity index (χ0n) is 27.2. The highest BCUT2D eigenvalue weighted by Crippen LogP contribution is 2.26. The van der Waals surface area contributed by atoms with Gasteiger partial charge < -0.3 is 33.9 Å². The van der Waals surface area contributed by atoms with E-state index in [1.54, 1.807) is 11.1 Å². The van der Waals surface area contributed by atoms with E-state index in [2.05, 4.69) is 21.3 Å². The Bertz CT molecular complexity index is 1590. The van der Waals surface area contributed by atoms with Gasteiger partial charge in [-0.2, -0.15) is 0 Å². The molecular weight excluding hydrogens is 598 g/mol. The summed E-state index contributed by atoms with van der Waals surface area (Å²) in [5.41, 5.74) is 4.77. The van der Waals surface area contributed by atoms with Crippen molar-refractivity contribution in [1.29, 1.82) is 0 Å². The fourth-order valence-electron chi connectivity index (χ4n) is 7.68. The molecule has 1 aromatic carbocycles. The van der Waals surface area contributed by atoms with E-state index < -0.39 is 12.2 Å². The normalized spacial score (nSPS) is 20.9. The second-order valence-corrected chi connectivity index (χ2v) is 13.2. The molecule has 3 saturated heterocycles. The van der Waals surface area contributed by atoms with Gasteiger partial charge in [-0.05, 0) is 61.8 Å². The monoisotopic (exact) mass is 643 g/mol. The molecule has 3 aromatic rings. The summed E-state index contributed by atoms with van der Waals surface area (Å²) < 4.78 is 13.6. The molecule has 47 heavy (non-hydrogen) atoms. The maximum absolute atomic E-state index is 14.0. The van der Waals surface area contributed by atoms with Crippen molar-refractivity contribution in [2.24, 2.45) is 0 Å². The van der Waals surface area contributed by atoms with Crippen LogP contribution in [0.1, 0.15) is 42.4 Å². The lowest BCUT2D eigenvalue weighted by molar-refractivity contribution is -0.142. The molecule has 0 spiro atoms. The molecule has 4 aliphatic heterocycles. The predicted octanol–water partition coefficient (Wildman–Crippen LogP) is 3.57. The summed E-state index contributed by atoms with van der Waals surface area (Å²) in [6, 6.07) is 10.3. The second kappa shape index (κ2) is 13.9. The number of imidazole rings is 1. The summed E-state index contributed by atoms with van der Waals surface area (Å²) in [5.74, 6) is -0.141. The van der Waals surface area contributed by atoms with Crippen molar-refractivity contribution in [2.45, 2.75) is 63.6 Å². The van der Waals surface area contributed by atoms with E-state index in [1.165, 1.54) is 0 Å². The van der Waals surface area contributed by atoms with Crippen LogP contribution in [0.15, 0.2) is 48.9 Å². The number of carbonyl (C=O) groups excluding carboxylic acids is 3. The van der Waals surface area contributed by atoms with Crippen LogP contribution in [0.2, 0.25) is 0 Å². The summed E-state index contributed by atoms with van der Waals surface area (Å²) in [6.45, 7) is 8.23. The Hall–Kier alpha value is -4.16. The number of hydrogen-bond acceptors (Lipinski definition) is 7. The molecule has 12 heteroatoms. The quantitative estimate of drug-likeness (QED) is 0.437. The highest BCUT2D eigenvalue weighted by molar-refractivity contribution is 5.91. The molecule has 6 heterocycles. The Balaban J connectivity index is 1.00. The fraction of sp³-hybridized carbons (Fsp3) is 0.543. The molecule has 250 valence electrons. The summed E-state index contributed by atoms with van der Waals surface area (Å²) in [7, 11) is 0. The van der Waals surface area contributed by atoms with Crippen molar-refractivity contribution in [1.82, 2.24) is 29.0 Å². The molecule has 1 atom stereocenters. The number of urea groups is 1. The van der Waals surface area contributed by atoms with Gasteiger partial charge in [-0.3, -0.25) is 9.69 Å². The number of aryl methyl sites for hydroxylation is 1. The first-order chi connectivity index (χ1) is 22.9. The van der Waals surface area contributed by atoms with Gasteiger partial charge >= 0.3 is 12.1 Å². The summed E-state index contributed by atoms with van der Waals surface area (Å²) in [4.78, 5) is 53.1. The highest BCUT2D eigenvalue weighted by atomic mass is 16.6. The van der Waals surface area contributed by atoms with Crippen LogP contribution in [0.25, 0.3) is 5.65 Å². The number of hydrogen-bond donors (Lipinski definition) is 1. The number of nitrogens with one attached hydrogen (secondary N) is 1. The minimum Gasteiger partial charge on any atom is -0.436 e. The number of benzene rings is 1. The SMILES string of the molecule is Cc1cc(C[C@@H](OC(=O)N2CCC(N3CCc4ccccc4NC3=O)CC2)C(=O)N2CCC(N3CCOCC3)CC2)cn2ccnc12. The molecule has 3 fully saturated rings. The zero-order chi connectivity index (χ0) is 32.3. The van der Waals surface area contributed by atoms with Crippen LogP contribution in [0.3, 0.4) is 0 Å². The van der Waals surface area contributed by atoms with E-state index in [4.69, 9.17) is 9.47 Å². The number of amides is 4. The molecule has 2 aromatic heterocycles. The average Bonchev–Trinajstić information content (AvgIpc) is 3.52. The molecule has 0 bridgehead atoms. The van der Waals surface area contributed by atoms with Crippen molar-refractivity contribution in [3.8, 4) is 0 Å². The van der Waals surface area contributed by atoms with Gasteiger partial charge in [0.1, 0.15) is 5.65 Å². The van der Waals surface area contributed by atoms with Gasteiger partial charge in [0.25, 0.3) is 5.91 Å². The van der Waals surface area contributed by atoms with E-state index in [0.29, 0.717) is 51.6 Å². The van der Waals surface area contributed by atoms with Crippen LogP contribution >= 0.6 is 0 Å². The first kappa shape index (κ1) is 31.4. The third kappa shape index (κ3) is 6.94. The lowest BCUT2D eigenvalue weighted by atomic mass is 10.0. The van der Waals surface area contributed by atoms with Crippen molar-refractivity contribution in [2.75, 3.05) is 64.3 Å². The third-order valence-electron chi connectivity index (χ3n) is 10.3. The number of fused-ring (bicyclic) bond motifs is 2. The van der Waals surface area contributed by atoms with Gasteiger partial charge in [0.15, 0.2) is 6.10 Å². The Labute approximate surface area is 275 Å². The number of morpholine rings is 1. The number of pyridine rings is 1. The largest absolute Gasteiger partial charge is 0.436 e. The lowest BCUT2D eigenvalue weighted by Crippen LogP contribution is -2.53. The molecule has 0 saturated carbocycles. The molecule has 4 aliphatic rings. The van der Waals surface area contributed by atoms with Gasteiger partial charge in [0, 0.05) is 88.6 Å². The minimum atomic E-state index is -0.935. The molecule has 1 N–H and O–H groups in total. The van der Waals surface area contributed by atoms with Crippen molar-refractivity contribution in [3.05, 3.63) is 65.6 Å². The van der Waals surface area contributed by atoms with Crippen molar-refractivity contribution in [3.63, 3.8) is 0 Å². The number of anilines is 1. The van der Waals surface area contributed by atoms with Gasteiger partial charge in [-0.25, -0.2) is 14.6 Å². The number of ether oxygens (including phenoxy) is 2. The Morgan fingerprint density at radius 3 is 2.49 bits per heavy atom. The summed E-state index contributed by atoms with van der Waals surface area (Å²) in [6.07, 6.45) is 8.38. The van der Waals surface area contributed by atoms with Gasteiger partial charge in [0.05, 0.1) is 13.2 Å². The minimum absolute atomic E-state index is 0.0310. The molecular formula is C35H45N7O5. The molecule has 7 rings (SSSR count). The van der Waals surface area contributed by atoms with Crippen LogP contribution in [-0.4, -0.2) is 124 Å². The Morgan fingerprint density at radius 2 is 1.70 bits per heavy atom. The second-order valence-electron chi connectivity index (χ2n) is 13.2. The Morgan fingerprint density at radius 1 is 0.979 bits per heavy atom. The van der Waals surface area contributed by atoms with E-state index >= 15 is 0 Å². The van der Waals surface area contributed by atoms with Crippen LogP contribution in [0, 0.1) is 6.92 Å². The first-order valence-electron chi connectivity index (χ1n) is 17.1. The third-order valence-corrected chi connectivity index (χ3v) is 10.3. The number of aromatic nitrogens is 2. The van der Waals surface area contributed by atoms with E-state index in [-0.39, 0.29) is 24.4 Å². The molecule has 4 amide bonds. The molecule has 0 radical (unpaired) electrons. The van der Waals surface area contributed by atoms with Crippen molar-refractivity contribution >= 4 is 29.4 Å². The number of para-hydroxylation sites is 1. The van der Waals surface area contributed by atoms with Crippen LogP contribution in [-0.2, 0) is 27.1 Å². The smallest absolute Gasteiger partial charge is 0.410 e. The zero-order valence-corrected chi connectivity index (χ0v) is 27.2. The summed E-state index contributed by atoms with van der Waals surface area (Å²) >= 11 is 0. The lowest BCUT2D eigenvalue weighted by Gasteiger charge is -2.41. The first-order valence-corrected chi connectivity index (χ1v) is 17.1. The number of rotatable bonds is 6. The molecule has 0 aliphatic carbocycles. The highest BCUT2D eigenvalue weighted by Gasteiger charge is 2.36. The van der Waals surface area contributed by atoms with Crippen LogP contribution in [0.5, 0.6) is 0 Å². The number of likely N-dealkylation sites (tertiary alicyclic amines) is 2.